The van der Waals surface area contributed by atoms with Gasteiger partial charge >= 0.3 is 23.1 Å². The van der Waals surface area contributed by atoms with E-state index in [0.717, 1.165) is 53.0 Å². The van der Waals surface area contributed by atoms with Gasteiger partial charge in [0.1, 0.15) is 5.00 Å². The number of hydrogen-bond donors (Lipinski definition) is 4. The van der Waals surface area contributed by atoms with Crippen LogP contribution in [0.25, 0.3) is 0 Å². The highest BCUT2D eigenvalue weighted by molar-refractivity contribution is 7.16. The Morgan fingerprint density at radius 3 is 2.21 bits per heavy atom. The number of anilines is 1. The third-order valence-electron chi connectivity index (χ3n) is 6.61. The predicted octanol–water partition coefficient (Wildman–Crippen LogP) is 1.49. The molecule has 0 spiro atoms. The Morgan fingerprint density at radius 1 is 1.10 bits per heavy atom. The number of amides is 2. The minimum Gasteiger partial charge on any atom is -0.478 e. The monoisotopic (exact) mass is 418 g/mol. The zero-order chi connectivity index (χ0) is 20.3. The molecule has 2 heterocycles. The van der Waals surface area contributed by atoms with Crippen molar-refractivity contribution in [2.24, 2.45) is 17.8 Å². The summed E-state index contributed by atoms with van der Waals surface area (Å²) in [5, 5.41) is 15.6. The highest BCUT2D eigenvalue weighted by atomic mass is 32.1. The van der Waals surface area contributed by atoms with Crippen molar-refractivity contribution >= 4 is 28.3 Å². The van der Waals surface area contributed by atoms with Gasteiger partial charge in [0.2, 0.25) is 0 Å². The maximum Gasteiger partial charge on any atom is 0.340 e. The largest absolute Gasteiger partial charge is 0.478 e. The number of hydrogen-bond acceptors (Lipinski definition) is 6. The van der Waals surface area contributed by atoms with Gasteiger partial charge < -0.3 is 15.7 Å². The van der Waals surface area contributed by atoms with Crippen molar-refractivity contribution < 1.29 is 14.7 Å². The summed E-state index contributed by atoms with van der Waals surface area (Å²) in [6.45, 7) is 0.173. The second kappa shape index (κ2) is 6.45. The number of aromatic nitrogens is 1. The minimum absolute atomic E-state index is 0.0409. The van der Waals surface area contributed by atoms with E-state index in [4.69, 9.17) is 0 Å². The van der Waals surface area contributed by atoms with E-state index in [0.29, 0.717) is 4.88 Å². The molecule has 4 N–H and O–H groups in total. The molecule has 2 amide bonds. The first-order valence-corrected chi connectivity index (χ1v) is 10.7. The van der Waals surface area contributed by atoms with Gasteiger partial charge in [-0.05, 0) is 62.3 Å². The third kappa shape index (κ3) is 3.35. The highest BCUT2D eigenvalue weighted by Crippen LogP contribution is 2.55. The number of aromatic carboxylic acids is 1. The maximum absolute atomic E-state index is 12.6. The lowest BCUT2D eigenvalue weighted by Gasteiger charge is -2.56. The number of nitrogens with one attached hydrogen (secondary N) is 3. The van der Waals surface area contributed by atoms with Gasteiger partial charge in [0.15, 0.2) is 0 Å². The first-order valence-electron chi connectivity index (χ1n) is 9.89. The molecule has 154 valence electrons. The molecule has 29 heavy (non-hydrogen) atoms. The van der Waals surface area contributed by atoms with E-state index in [2.05, 4.69) is 16.1 Å². The molecule has 4 bridgehead atoms. The quantitative estimate of drug-likeness (QED) is 0.526. The first-order chi connectivity index (χ1) is 13.8. The molecule has 4 aliphatic carbocycles. The summed E-state index contributed by atoms with van der Waals surface area (Å²) in [4.78, 5) is 46.9. The van der Waals surface area contributed by atoms with Gasteiger partial charge in [-0.15, -0.1) is 11.3 Å². The van der Waals surface area contributed by atoms with Gasteiger partial charge in [0.05, 0.1) is 12.1 Å². The topological polar surface area (TPSA) is 130 Å². The standard InChI is InChI=1S/C19H22N4O5S/c24-15-16(25)23(15)22-14-13(17(26)27)4-12(29-14)8-20-18(28)21-19-5-9-1-10(6-19)3-11(2-9)7-19/h4,9-11,22H,1-3,5-8H2,(H,26,27)(H2,20,21,28). The summed E-state index contributed by atoms with van der Waals surface area (Å²) >= 11 is 1.09. The normalized spacial score (nSPS) is 29.9. The van der Waals surface area contributed by atoms with Crippen molar-refractivity contribution in [3.05, 3.63) is 37.2 Å². The molecule has 0 radical (unpaired) electrons. The van der Waals surface area contributed by atoms with Crippen LogP contribution in [0.4, 0.5) is 9.80 Å². The molecule has 10 heteroatoms. The minimum atomic E-state index is -1.17. The van der Waals surface area contributed by atoms with Gasteiger partial charge in [-0.1, -0.05) is 0 Å². The summed E-state index contributed by atoms with van der Waals surface area (Å²) in [5.41, 5.74) is 0.980. The molecule has 4 fully saturated rings. The fourth-order valence-corrected chi connectivity index (χ4v) is 6.80. The van der Waals surface area contributed by atoms with E-state index >= 15 is 0 Å². The third-order valence-corrected chi connectivity index (χ3v) is 7.65. The van der Waals surface area contributed by atoms with Gasteiger partial charge in [0.25, 0.3) is 0 Å². The van der Waals surface area contributed by atoms with Crippen molar-refractivity contribution in [3.63, 3.8) is 0 Å². The summed E-state index contributed by atoms with van der Waals surface area (Å²) in [6.07, 6.45) is 7.07. The Bertz CT molecular complexity index is 1000. The van der Waals surface area contributed by atoms with Crippen LogP contribution in [-0.4, -0.2) is 27.3 Å². The number of rotatable bonds is 6. The Balaban J connectivity index is 1.23. The van der Waals surface area contributed by atoms with Gasteiger partial charge in [-0.2, -0.15) is 4.68 Å². The Kier molecular flexibility index (Phi) is 4.09. The molecule has 0 aromatic carbocycles. The molecular formula is C19H22N4O5S. The average Bonchev–Trinajstić information content (AvgIpc) is 3.02. The molecule has 6 rings (SSSR count). The van der Waals surface area contributed by atoms with Crippen LogP contribution >= 0.6 is 11.3 Å². The van der Waals surface area contributed by atoms with Crippen molar-refractivity contribution in [1.82, 2.24) is 15.3 Å². The smallest absolute Gasteiger partial charge is 0.340 e. The SMILES string of the molecule is O=C(NCc1cc(C(=O)O)c(Nn2c(=O)c2=O)s1)NC12CC3CC(CC(C3)C1)C2. The van der Waals surface area contributed by atoms with Crippen molar-refractivity contribution in [3.8, 4) is 0 Å². The number of carbonyl (C=O) groups excluding carboxylic acids is 1. The van der Waals surface area contributed by atoms with Crippen LogP contribution in [0, 0.1) is 17.8 Å². The molecule has 0 saturated heterocycles. The molecular weight excluding hydrogens is 396 g/mol. The van der Waals surface area contributed by atoms with Crippen molar-refractivity contribution in [2.75, 3.05) is 5.43 Å². The van der Waals surface area contributed by atoms with Crippen LogP contribution in [0.2, 0.25) is 0 Å². The zero-order valence-corrected chi connectivity index (χ0v) is 16.5. The highest BCUT2D eigenvalue weighted by Gasteiger charge is 2.51. The Hall–Kier alpha value is -2.62. The fourth-order valence-electron chi connectivity index (χ4n) is 5.83. The van der Waals surface area contributed by atoms with Gasteiger partial charge in [0, 0.05) is 10.4 Å². The maximum atomic E-state index is 12.6. The zero-order valence-electron chi connectivity index (χ0n) is 15.7. The van der Waals surface area contributed by atoms with E-state index in [1.165, 1.54) is 25.3 Å². The summed E-state index contributed by atoms with van der Waals surface area (Å²) in [5.74, 6) is 1.02. The summed E-state index contributed by atoms with van der Waals surface area (Å²) < 4.78 is 0.759. The average molecular weight is 418 g/mol. The molecule has 2 aromatic rings. The Labute approximate surface area is 169 Å². The predicted molar refractivity (Wildman–Crippen MR) is 106 cm³/mol. The number of carboxylic acids is 1. The van der Waals surface area contributed by atoms with Crippen LogP contribution < -0.4 is 27.2 Å². The fraction of sp³-hybridized carbons (Fsp3) is 0.579. The van der Waals surface area contributed by atoms with Crippen LogP contribution in [0.15, 0.2) is 15.7 Å². The van der Waals surface area contributed by atoms with E-state index in [1.807, 2.05) is 0 Å². The van der Waals surface area contributed by atoms with Crippen molar-refractivity contribution in [2.45, 2.75) is 50.6 Å². The number of carbonyl (C=O) groups is 2. The van der Waals surface area contributed by atoms with E-state index < -0.39 is 17.1 Å². The number of nitrogens with zero attached hydrogens (tertiary/aromatic N) is 1. The molecule has 4 aliphatic rings. The van der Waals surface area contributed by atoms with Crippen LogP contribution in [0.1, 0.15) is 53.8 Å². The van der Waals surface area contributed by atoms with Crippen LogP contribution in [0.3, 0.4) is 0 Å². The van der Waals surface area contributed by atoms with Crippen LogP contribution in [0.5, 0.6) is 0 Å². The Morgan fingerprint density at radius 2 is 1.69 bits per heavy atom. The first kappa shape index (κ1) is 18.4. The van der Waals surface area contributed by atoms with E-state index in [1.54, 1.807) is 0 Å². The molecule has 0 unspecified atom stereocenters. The van der Waals surface area contributed by atoms with Crippen molar-refractivity contribution in [1.29, 1.82) is 0 Å². The van der Waals surface area contributed by atoms with Gasteiger partial charge in [-0.25, -0.2) is 9.59 Å². The molecule has 2 aromatic heterocycles. The summed E-state index contributed by atoms with van der Waals surface area (Å²) in [6, 6.07) is 1.21. The number of urea groups is 1. The van der Waals surface area contributed by atoms with E-state index in [-0.39, 0.29) is 28.7 Å². The lowest BCUT2D eigenvalue weighted by molar-refractivity contribution is -0.0135. The van der Waals surface area contributed by atoms with Gasteiger partial charge in [-0.3, -0.25) is 15.0 Å². The number of carboxylic acid groups (broad SMARTS) is 1. The van der Waals surface area contributed by atoms with E-state index in [9.17, 15) is 24.3 Å². The number of thiophene rings is 1. The molecule has 4 saturated carbocycles. The summed E-state index contributed by atoms with van der Waals surface area (Å²) in [7, 11) is 0. The second-order valence-electron chi connectivity index (χ2n) is 8.82. The molecule has 9 nitrogen and oxygen atoms in total. The lowest BCUT2D eigenvalue weighted by atomic mass is 9.53. The van der Waals surface area contributed by atoms with Crippen LogP contribution in [-0.2, 0) is 6.54 Å². The molecule has 0 aliphatic heterocycles. The second-order valence-corrected chi connectivity index (χ2v) is 9.96. The lowest BCUT2D eigenvalue weighted by Crippen LogP contribution is -2.61. The molecule has 0 atom stereocenters.